The normalized spacial score (nSPS) is 11.7. The number of anilines is 1. The maximum atomic E-state index is 8.40. The highest BCUT2D eigenvalue weighted by Gasteiger charge is 2.11. The van der Waals surface area contributed by atoms with Crippen molar-refractivity contribution in [3.63, 3.8) is 0 Å². The van der Waals surface area contributed by atoms with E-state index in [4.69, 9.17) is 10.9 Å². The number of nitrogens with zero attached hydrogens (tertiary/aromatic N) is 6. The van der Waals surface area contributed by atoms with Crippen LogP contribution in [0.2, 0.25) is 0 Å². The molecule has 0 unspecified atom stereocenters. The number of hydrogen-bond donors (Lipinski definition) is 2. The average molecular weight is 213 g/mol. The predicted molar refractivity (Wildman–Crippen MR) is 54.7 cm³/mol. The Morgan fingerprint density at radius 3 is 2.87 bits per heavy atom. The Kier molecular flexibility index (Phi) is 3.83. The molecule has 3 N–H and O–H groups in total. The molecule has 1 heterocycles. The molecule has 0 aliphatic rings. The van der Waals surface area contributed by atoms with Crippen molar-refractivity contribution in [2.24, 2.45) is 17.9 Å². The standard InChI is InChI=1S/C7H15N7O/c1-3-14(5-4-6(8)10-15)7-9-11-12-13(7)2/h15H,3-5H2,1-2H3,(H2,8,10). The van der Waals surface area contributed by atoms with Crippen LogP contribution >= 0.6 is 0 Å². The van der Waals surface area contributed by atoms with Gasteiger partial charge >= 0.3 is 0 Å². The third kappa shape index (κ3) is 2.79. The summed E-state index contributed by atoms with van der Waals surface area (Å²) in [4.78, 5) is 1.94. The lowest BCUT2D eigenvalue weighted by Gasteiger charge is -2.19. The van der Waals surface area contributed by atoms with Gasteiger partial charge in [-0.2, -0.15) is 0 Å². The van der Waals surface area contributed by atoms with Crippen LogP contribution in [0.1, 0.15) is 13.3 Å². The number of hydrogen-bond acceptors (Lipinski definition) is 6. The lowest BCUT2D eigenvalue weighted by molar-refractivity contribution is 0.317. The van der Waals surface area contributed by atoms with Crippen LogP contribution < -0.4 is 10.6 Å². The highest BCUT2D eigenvalue weighted by molar-refractivity contribution is 5.80. The second kappa shape index (κ2) is 5.13. The Balaban J connectivity index is 2.61. The minimum absolute atomic E-state index is 0.198. The highest BCUT2D eigenvalue weighted by Crippen LogP contribution is 2.06. The van der Waals surface area contributed by atoms with Crippen LogP contribution in [0.15, 0.2) is 5.16 Å². The molecule has 0 atom stereocenters. The zero-order chi connectivity index (χ0) is 11.3. The van der Waals surface area contributed by atoms with E-state index in [2.05, 4.69) is 20.7 Å². The number of tetrazole rings is 1. The van der Waals surface area contributed by atoms with E-state index >= 15 is 0 Å². The summed E-state index contributed by atoms with van der Waals surface area (Å²) in [6.07, 6.45) is 0.469. The summed E-state index contributed by atoms with van der Waals surface area (Å²) in [5, 5.41) is 22.5. The fourth-order valence-electron chi connectivity index (χ4n) is 1.19. The SMILES string of the molecule is CCN(CCC(N)=NO)c1nnnn1C. The van der Waals surface area contributed by atoms with Crippen molar-refractivity contribution in [1.29, 1.82) is 0 Å². The molecule has 0 spiro atoms. The van der Waals surface area contributed by atoms with E-state index in [1.165, 1.54) is 0 Å². The molecule has 1 aromatic rings. The van der Waals surface area contributed by atoms with Gasteiger partial charge in [0.05, 0.1) is 0 Å². The van der Waals surface area contributed by atoms with Gasteiger partial charge in [-0.05, 0) is 17.4 Å². The first kappa shape index (κ1) is 11.2. The molecule has 84 valence electrons. The van der Waals surface area contributed by atoms with Crippen molar-refractivity contribution < 1.29 is 5.21 Å². The fraction of sp³-hybridized carbons (Fsp3) is 0.714. The first-order valence-corrected chi connectivity index (χ1v) is 4.62. The van der Waals surface area contributed by atoms with Crippen molar-refractivity contribution in [2.45, 2.75) is 13.3 Å². The van der Waals surface area contributed by atoms with Crippen molar-refractivity contribution in [3.05, 3.63) is 0 Å². The largest absolute Gasteiger partial charge is 0.409 e. The fourth-order valence-corrected chi connectivity index (χ4v) is 1.19. The second-order valence-corrected chi connectivity index (χ2v) is 3.02. The Labute approximate surface area is 87.3 Å². The van der Waals surface area contributed by atoms with E-state index in [1.807, 2.05) is 11.8 Å². The Bertz CT molecular complexity index is 334. The van der Waals surface area contributed by atoms with Crippen molar-refractivity contribution in [1.82, 2.24) is 20.2 Å². The molecule has 0 aliphatic carbocycles. The maximum Gasteiger partial charge on any atom is 0.245 e. The van der Waals surface area contributed by atoms with Crippen LogP contribution in [0.25, 0.3) is 0 Å². The van der Waals surface area contributed by atoms with E-state index in [1.54, 1.807) is 11.7 Å². The first-order valence-electron chi connectivity index (χ1n) is 4.62. The average Bonchev–Trinajstić information content (AvgIpc) is 2.65. The zero-order valence-electron chi connectivity index (χ0n) is 8.83. The molecular formula is C7H15N7O. The zero-order valence-corrected chi connectivity index (χ0v) is 8.83. The van der Waals surface area contributed by atoms with Gasteiger partial charge in [-0.1, -0.05) is 10.3 Å². The van der Waals surface area contributed by atoms with E-state index < -0.39 is 0 Å². The number of amidine groups is 1. The van der Waals surface area contributed by atoms with Gasteiger partial charge < -0.3 is 15.8 Å². The van der Waals surface area contributed by atoms with Gasteiger partial charge in [0, 0.05) is 26.6 Å². The Morgan fingerprint density at radius 1 is 1.67 bits per heavy atom. The molecule has 1 aromatic heterocycles. The van der Waals surface area contributed by atoms with Gasteiger partial charge in [0.25, 0.3) is 0 Å². The minimum atomic E-state index is 0.198. The molecule has 8 nitrogen and oxygen atoms in total. The molecule has 1 rings (SSSR count). The van der Waals surface area contributed by atoms with E-state index in [0.29, 0.717) is 18.9 Å². The van der Waals surface area contributed by atoms with Crippen LogP contribution in [-0.2, 0) is 7.05 Å². The third-order valence-electron chi connectivity index (χ3n) is 2.03. The van der Waals surface area contributed by atoms with Crippen molar-refractivity contribution in [3.8, 4) is 0 Å². The molecule has 0 fully saturated rings. The van der Waals surface area contributed by atoms with Gasteiger partial charge in [-0.15, -0.1) is 0 Å². The predicted octanol–water partition coefficient (Wildman–Crippen LogP) is -0.827. The molecule has 0 aromatic carbocycles. The smallest absolute Gasteiger partial charge is 0.245 e. The highest BCUT2D eigenvalue weighted by atomic mass is 16.4. The number of aryl methyl sites for hydroxylation is 1. The number of nitrogens with two attached hydrogens (primary N) is 1. The van der Waals surface area contributed by atoms with Crippen LogP contribution in [0.5, 0.6) is 0 Å². The molecule has 0 aliphatic heterocycles. The van der Waals surface area contributed by atoms with E-state index in [9.17, 15) is 0 Å². The summed E-state index contributed by atoms with van der Waals surface area (Å²) in [5.41, 5.74) is 5.38. The molecule has 0 bridgehead atoms. The van der Waals surface area contributed by atoms with Gasteiger partial charge in [-0.3, -0.25) is 0 Å². The molecule has 0 saturated heterocycles. The Morgan fingerprint density at radius 2 is 2.40 bits per heavy atom. The minimum Gasteiger partial charge on any atom is -0.409 e. The van der Waals surface area contributed by atoms with Crippen LogP contribution in [-0.4, -0.2) is 44.3 Å². The van der Waals surface area contributed by atoms with Crippen molar-refractivity contribution in [2.75, 3.05) is 18.0 Å². The molecule has 15 heavy (non-hydrogen) atoms. The molecule has 8 heteroatoms. The van der Waals surface area contributed by atoms with Gasteiger partial charge in [0.15, 0.2) is 0 Å². The Hall–Kier alpha value is -1.86. The second-order valence-electron chi connectivity index (χ2n) is 3.02. The molecule has 0 saturated carbocycles. The summed E-state index contributed by atoms with van der Waals surface area (Å²) in [5.74, 6) is 0.867. The number of rotatable bonds is 5. The lowest BCUT2D eigenvalue weighted by Crippen LogP contribution is -2.30. The summed E-state index contributed by atoms with van der Waals surface area (Å²) >= 11 is 0. The monoisotopic (exact) mass is 213 g/mol. The van der Waals surface area contributed by atoms with E-state index in [0.717, 1.165) is 6.54 Å². The molecular weight excluding hydrogens is 198 g/mol. The summed E-state index contributed by atoms with van der Waals surface area (Å²) in [6, 6.07) is 0. The van der Waals surface area contributed by atoms with Crippen LogP contribution in [0.4, 0.5) is 5.95 Å². The summed E-state index contributed by atoms with van der Waals surface area (Å²) in [7, 11) is 1.77. The van der Waals surface area contributed by atoms with Crippen LogP contribution in [0, 0.1) is 0 Å². The van der Waals surface area contributed by atoms with Crippen LogP contribution in [0.3, 0.4) is 0 Å². The summed E-state index contributed by atoms with van der Waals surface area (Å²) in [6.45, 7) is 3.36. The van der Waals surface area contributed by atoms with Gasteiger partial charge in [-0.25, -0.2) is 4.68 Å². The topological polar surface area (TPSA) is 105 Å². The number of oxime groups is 1. The van der Waals surface area contributed by atoms with Gasteiger partial charge in [0.2, 0.25) is 5.95 Å². The maximum absolute atomic E-state index is 8.40. The molecule has 0 amide bonds. The molecule has 0 radical (unpaired) electrons. The van der Waals surface area contributed by atoms with Gasteiger partial charge in [0.1, 0.15) is 5.84 Å². The number of aromatic nitrogens is 4. The van der Waals surface area contributed by atoms with E-state index in [-0.39, 0.29) is 5.84 Å². The third-order valence-corrected chi connectivity index (χ3v) is 2.03. The summed E-state index contributed by atoms with van der Waals surface area (Å²) < 4.78 is 1.58. The quantitative estimate of drug-likeness (QED) is 0.286. The first-order chi connectivity index (χ1) is 7.19. The lowest BCUT2D eigenvalue weighted by atomic mass is 10.3. The van der Waals surface area contributed by atoms with Crippen molar-refractivity contribution >= 4 is 11.8 Å².